The van der Waals surface area contributed by atoms with Gasteiger partial charge in [-0.15, -0.1) is 0 Å². The van der Waals surface area contributed by atoms with Gasteiger partial charge in [0.25, 0.3) is 11.8 Å². The van der Waals surface area contributed by atoms with Crippen molar-refractivity contribution >= 4 is 52.3 Å². The lowest BCUT2D eigenvalue weighted by molar-refractivity contribution is 0.0794. The van der Waals surface area contributed by atoms with E-state index < -0.39 is 5.91 Å². The molecule has 3 rings (SSSR count). The summed E-state index contributed by atoms with van der Waals surface area (Å²) in [4.78, 5) is 30.8. The minimum Gasteiger partial charge on any atom is -0.339 e. The van der Waals surface area contributed by atoms with E-state index in [1.165, 1.54) is 12.3 Å². The first-order valence-electron chi connectivity index (χ1n) is 7.67. The van der Waals surface area contributed by atoms with E-state index in [1.807, 2.05) is 0 Å². The zero-order valence-corrected chi connectivity index (χ0v) is 15.3. The molecule has 2 aromatic rings. The predicted molar refractivity (Wildman–Crippen MR) is 98.8 cm³/mol. The predicted octanol–water partition coefficient (Wildman–Crippen LogP) is 4.53. The number of aromatic nitrogens is 1. The van der Waals surface area contributed by atoms with Gasteiger partial charge in [0.1, 0.15) is 5.15 Å². The molecule has 1 aliphatic heterocycles. The van der Waals surface area contributed by atoms with Crippen LogP contribution >= 0.6 is 34.8 Å². The number of hydrogen-bond acceptors (Lipinski definition) is 3. The fraction of sp³-hybridized carbons (Fsp3) is 0.235. The summed E-state index contributed by atoms with van der Waals surface area (Å²) < 4.78 is 0. The Morgan fingerprint density at radius 1 is 1.08 bits per heavy atom. The monoisotopic (exact) mass is 397 g/mol. The molecule has 0 atom stereocenters. The minimum atomic E-state index is -0.441. The summed E-state index contributed by atoms with van der Waals surface area (Å²) in [5, 5.41) is 3.45. The summed E-state index contributed by atoms with van der Waals surface area (Å²) in [6, 6.07) is 6.20. The zero-order valence-electron chi connectivity index (χ0n) is 13.1. The number of benzene rings is 1. The number of rotatable bonds is 3. The van der Waals surface area contributed by atoms with Crippen molar-refractivity contribution in [3.63, 3.8) is 0 Å². The third kappa shape index (κ3) is 4.06. The fourth-order valence-electron chi connectivity index (χ4n) is 2.63. The zero-order chi connectivity index (χ0) is 18.0. The largest absolute Gasteiger partial charge is 0.339 e. The second-order valence-electron chi connectivity index (χ2n) is 5.64. The van der Waals surface area contributed by atoms with Crippen LogP contribution in [0.25, 0.3) is 0 Å². The summed E-state index contributed by atoms with van der Waals surface area (Å²) >= 11 is 17.7. The first-order chi connectivity index (χ1) is 12.0. The van der Waals surface area contributed by atoms with Crippen LogP contribution in [0.1, 0.15) is 33.6 Å². The minimum absolute atomic E-state index is 0.120. The molecule has 0 unspecified atom stereocenters. The lowest BCUT2D eigenvalue weighted by atomic mass is 10.1. The number of nitrogens with zero attached hydrogens (tertiary/aromatic N) is 2. The Balaban J connectivity index is 1.87. The number of halogens is 3. The van der Waals surface area contributed by atoms with E-state index >= 15 is 0 Å². The maximum absolute atomic E-state index is 12.7. The summed E-state index contributed by atoms with van der Waals surface area (Å²) in [5.41, 5.74) is 0.983. The highest BCUT2D eigenvalue weighted by molar-refractivity contribution is 6.41. The van der Waals surface area contributed by atoms with Crippen LogP contribution in [0.2, 0.25) is 15.2 Å². The van der Waals surface area contributed by atoms with Gasteiger partial charge in [0.15, 0.2) is 0 Å². The molecule has 25 heavy (non-hydrogen) atoms. The molecule has 1 aromatic heterocycles. The maximum Gasteiger partial charge on any atom is 0.257 e. The van der Waals surface area contributed by atoms with Gasteiger partial charge < -0.3 is 10.2 Å². The van der Waals surface area contributed by atoms with Crippen molar-refractivity contribution in [3.8, 4) is 0 Å². The van der Waals surface area contributed by atoms with Crippen LogP contribution in [-0.2, 0) is 0 Å². The van der Waals surface area contributed by atoms with Crippen molar-refractivity contribution in [1.82, 2.24) is 9.88 Å². The van der Waals surface area contributed by atoms with Crippen LogP contribution < -0.4 is 5.32 Å². The van der Waals surface area contributed by atoms with Gasteiger partial charge in [-0.3, -0.25) is 9.59 Å². The summed E-state index contributed by atoms with van der Waals surface area (Å²) in [6.45, 7) is 1.41. The van der Waals surface area contributed by atoms with E-state index in [0.717, 1.165) is 12.8 Å². The molecule has 130 valence electrons. The molecule has 0 bridgehead atoms. The lowest BCUT2D eigenvalue weighted by Gasteiger charge is -2.18. The number of anilines is 1. The van der Waals surface area contributed by atoms with E-state index in [1.54, 1.807) is 23.1 Å². The van der Waals surface area contributed by atoms with Crippen LogP contribution in [0.3, 0.4) is 0 Å². The third-order valence-corrected chi connectivity index (χ3v) is 4.83. The van der Waals surface area contributed by atoms with Gasteiger partial charge in [0.05, 0.1) is 21.8 Å². The smallest absolute Gasteiger partial charge is 0.257 e. The van der Waals surface area contributed by atoms with Gasteiger partial charge in [0, 0.05) is 24.3 Å². The Hall–Kier alpha value is -1.82. The molecule has 0 radical (unpaired) electrons. The van der Waals surface area contributed by atoms with Crippen molar-refractivity contribution in [3.05, 3.63) is 56.8 Å². The molecule has 1 fully saturated rings. The number of carbonyl (C=O) groups excluding carboxylic acids is 2. The Bertz CT molecular complexity index is 836. The summed E-state index contributed by atoms with van der Waals surface area (Å²) in [7, 11) is 0. The van der Waals surface area contributed by atoms with E-state index in [-0.39, 0.29) is 21.6 Å². The van der Waals surface area contributed by atoms with Gasteiger partial charge in [-0.1, -0.05) is 34.8 Å². The number of amides is 2. The van der Waals surface area contributed by atoms with Crippen molar-refractivity contribution in [1.29, 1.82) is 0 Å². The average molecular weight is 399 g/mol. The highest BCUT2D eigenvalue weighted by atomic mass is 35.5. The molecule has 2 amide bonds. The average Bonchev–Trinajstić information content (AvgIpc) is 3.12. The molecule has 1 aliphatic rings. The first-order valence-corrected chi connectivity index (χ1v) is 8.80. The molecule has 0 saturated carbocycles. The lowest BCUT2D eigenvalue weighted by Crippen LogP contribution is -2.29. The van der Waals surface area contributed by atoms with E-state index in [0.29, 0.717) is 29.4 Å². The molecule has 1 aromatic carbocycles. The van der Waals surface area contributed by atoms with Gasteiger partial charge in [-0.05, 0) is 37.1 Å². The second-order valence-corrected chi connectivity index (χ2v) is 6.84. The van der Waals surface area contributed by atoms with E-state index in [4.69, 9.17) is 34.8 Å². The number of likely N-dealkylation sites (tertiary alicyclic amines) is 1. The van der Waals surface area contributed by atoms with Gasteiger partial charge in [0.2, 0.25) is 0 Å². The quantitative estimate of drug-likeness (QED) is 0.773. The van der Waals surface area contributed by atoms with Crippen LogP contribution in [0.5, 0.6) is 0 Å². The molecular formula is C17H14Cl3N3O2. The summed E-state index contributed by atoms with van der Waals surface area (Å²) in [5.74, 6) is -0.591. The molecular weight excluding hydrogens is 385 g/mol. The van der Waals surface area contributed by atoms with E-state index in [2.05, 4.69) is 10.3 Å². The maximum atomic E-state index is 12.7. The highest BCUT2D eigenvalue weighted by Crippen LogP contribution is 2.25. The number of pyridine rings is 1. The van der Waals surface area contributed by atoms with Gasteiger partial charge >= 0.3 is 0 Å². The topological polar surface area (TPSA) is 62.3 Å². The molecule has 1 N–H and O–H groups in total. The van der Waals surface area contributed by atoms with Crippen molar-refractivity contribution in [2.24, 2.45) is 0 Å². The highest BCUT2D eigenvalue weighted by Gasteiger charge is 2.23. The van der Waals surface area contributed by atoms with Crippen LogP contribution in [0.15, 0.2) is 30.5 Å². The number of carbonyl (C=O) groups is 2. The molecule has 5 nitrogen and oxygen atoms in total. The third-order valence-electron chi connectivity index (χ3n) is 3.91. The van der Waals surface area contributed by atoms with Crippen LogP contribution in [0.4, 0.5) is 5.69 Å². The van der Waals surface area contributed by atoms with E-state index in [9.17, 15) is 9.59 Å². The van der Waals surface area contributed by atoms with Crippen molar-refractivity contribution in [2.75, 3.05) is 18.4 Å². The molecule has 0 spiro atoms. The van der Waals surface area contributed by atoms with Gasteiger partial charge in [-0.2, -0.15) is 0 Å². The van der Waals surface area contributed by atoms with Gasteiger partial charge in [-0.25, -0.2) is 4.98 Å². The SMILES string of the molecule is O=C(Nc1ccc(Cl)cc1C(=O)N1CCCC1)c1cnc(Cl)c(Cl)c1. The fourth-order valence-corrected chi connectivity index (χ4v) is 3.07. The Kier molecular flexibility index (Phi) is 5.47. The number of nitrogens with one attached hydrogen (secondary N) is 1. The standard InChI is InChI=1S/C17H14Cl3N3O2/c18-11-3-4-14(12(8-11)17(25)23-5-1-2-6-23)22-16(24)10-7-13(19)15(20)21-9-10/h3-4,7-9H,1-2,5-6H2,(H,22,24). The van der Waals surface area contributed by atoms with Crippen LogP contribution in [-0.4, -0.2) is 34.8 Å². The van der Waals surface area contributed by atoms with Crippen LogP contribution in [0, 0.1) is 0 Å². The summed E-state index contributed by atoms with van der Waals surface area (Å²) in [6.07, 6.45) is 3.27. The van der Waals surface area contributed by atoms with Crippen molar-refractivity contribution in [2.45, 2.75) is 12.8 Å². The first kappa shape index (κ1) is 18.0. The Morgan fingerprint density at radius 3 is 2.48 bits per heavy atom. The molecule has 8 heteroatoms. The molecule has 0 aliphatic carbocycles. The second kappa shape index (κ2) is 7.60. The normalized spacial score (nSPS) is 13.8. The molecule has 1 saturated heterocycles. The Morgan fingerprint density at radius 2 is 1.80 bits per heavy atom. The Labute approximate surface area is 159 Å². The number of hydrogen-bond donors (Lipinski definition) is 1. The molecule has 2 heterocycles. The van der Waals surface area contributed by atoms with Crippen molar-refractivity contribution < 1.29 is 9.59 Å².